The predicted molar refractivity (Wildman–Crippen MR) is 125 cm³/mol. The molecule has 1 unspecified atom stereocenters. The number of hydrogen-bond donors (Lipinski definition) is 5. The summed E-state index contributed by atoms with van der Waals surface area (Å²) < 4.78 is 0. The zero-order valence-electron chi connectivity index (χ0n) is 19.6. The molecule has 172 valence electrons. The molecule has 6 N–H and O–H groups in total. The van der Waals surface area contributed by atoms with E-state index in [4.69, 9.17) is 10.8 Å². The van der Waals surface area contributed by atoms with Crippen molar-refractivity contribution < 1.29 is 19.8 Å². The van der Waals surface area contributed by atoms with Crippen molar-refractivity contribution in [3.05, 3.63) is 30.0 Å². The number of aromatic amines is 1. The van der Waals surface area contributed by atoms with Crippen molar-refractivity contribution >= 4 is 22.5 Å². The number of aliphatic hydroxyl groups is 1. The Hall–Kier alpha value is -2.22. The van der Waals surface area contributed by atoms with Crippen LogP contribution in [0.25, 0.3) is 10.9 Å². The summed E-state index contributed by atoms with van der Waals surface area (Å²) in [6, 6.07) is 4.61. The predicted octanol–water partition coefficient (Wildman–Crippen LogP) is 3.32. The number of aromatic nitrogens is 1. The molecule has 1 aromatic carbocycles. The Morgan fingerprint density at radius 2 is 1.77 bits per heavy atom. The van der Waals surface area contributed by atoms with Crippen LogP contribution in [0.15, 0.2) is 24.4 Å². The lowest BCUT2D eigenvalue weighted by atomic mass is 10.0. The number of aromatic hydroxyl groups is 1. The van der Waals surface area contributed by atoms with Crippen molar-refractivity contribution in [2.24, 2.45) is 5.73 Å². The molecule has 0 saturated heterocycles. The second-order valence-corrected chi connectivity index (χ2v) is 6.79. The van der Waals surface area contributed by atoms with E-state index in [0.29, 0.717) is 13.0 Å². The third-order valence-corrected chi connectivity index (χ3v) is 3.68. The Labute approximate surface area is 181 Å². The first-order valence-corrected chi connectivity index (χ1v) is 10.5. The van der Waals surface area contributed by atoms with E-state index < -0.39 is 12.1 Å². The summed E-state index contributed by atoms with van der Waals surface area (Å²) in [7, 11) is 1.74. The van der Waals surface area contributed by atoms with Crippen LogP contribution in [0, 0.1) is 0 Å². The Balaban J connectivity index is 0. The van der Waals surface area contributed by atoms with Crippen LogP contribution >= 0.6 is 0 Å². The van der Waals surface area contributed by atoms with Crippen LogP contribution in [0.5, 0.6) is 5.75 Å². The van der Waals surface area contributed by atoms with Gasteiger partial charge in [0.2, 0.25) is 0 Å². The maximum absolute atomic E-state index is 11.1. The van der Waals surface area contributed by atoms with Gasteiger partial charge < -0.3 is 26.2 Å². The van der Waals surface area contributed by atoms with Gasteiger partial charge in [-0.2, -0.15) is 0 Å². The molecule has 0 radical (unpaired) electrons. The number of hydrogen-bond acceptors (Lipinski definition) is 6. The summed E-state index contributed by atoms with van der Waals surface area (Å²) in [6.07, 6.45) is 3.29. The minimum Gasteiger partial charge on any atom is -0.508 e. The highest BCUT2D eigenvalue weighted by molar-refractivity contribution is 5.86. The number of Topliss-reactive ketones (excluding diaryl/α,β-unsaturated/α-hetero) is 2. The third kappa shape index (κ3) is 13.1. The minimum absolute atomic E-state index is 0.0257. The molecule has 0 bridgehead atoms. The molecule has 1 aromatic heterocycles. The normalized spacial score (nSPS) is 11.6. The van der Waals surface area contributed by atoms with Gasteiger partial charge in [0.25, 0.3) is 0 Å². The molecule has 0 aliphatic carbocycles. The van der Waals surface area contributed by atoms with Gasteiger partial charge in [-0.05, 0) is 51.1 Å². The second kappa shape index (κ2) is 17.6. The fourth-order valence-electron chi connectivity index (χ4n) is 2.36. The first-order chi connectivity index (χ1) is 14.2. The van der Waals surface area contributed by atoms with E-state index in [9.17, 15) is 14.7 Å². The first-order valence-electron chi connectivity index (χ1n) is 10.5. The van der Waals surface area contributed by atoms with Gasteiger partial charge in [-0.15, -0.1) is 0 Å². The molecule has 0 aliphatic rings. The molecule has 0 saturated carbocycles. The maximum Gasteiger partial charge on any atom is 0.146 e. The number of carbonyl (C=O) groups excluding carboxylic acids is 2. The summed E-state index contributed by atoms with van der Waals surface area (Å²) in [5, 5.41) is 22.0. The number of ketones is 2. The summed E-state index contributed by atoms with van der Waals surface area (Å²) >= 11 is 0. The van der Waals surface area contributed by atoms with Gasteiger partial charge in [0.1, 0.15) is 17.3 Å². The smallest absolute Gasteiger partial charge is 0.146 e. The number of likely N-dealkylation sites (N-methyl/N-ethyl adjacent to an activating group) is 1. The van der Waals surface area contributed by atoms with Gasteiger partial charge >= 0.3 is 0 Å². The van der Waals surface area contributed by atoms with E-state index >= 15 is 0 Å². The molecular weight excluding hydrogens is 382 g/mol. The lowest BCUT2D eigenvalue weighted by Gasteiger charge is -2.06. The number of nitrogens with two attached hydrogens (primary N) is 1. The van der Waals surface area contributed by atoms with E-state index in [1.165, 1.54) is 20.3 Å². The number of H-pyrrole nitrogens is 1. The van der Waals surface area contributed by atoms with E-state index in [-0.39, 0.29) is 23.7 Å². The Bertz CT molecular complexity index is 728. The average molecular weight is 424 g/mol. The number of carbonyl (C=O) groups is 2. The van der Waals surface area contributed by atoms with Crippen molar-refractivity contribution in [2.75, 3.05) is 13.6 Å². The maximum atomic E-state index is 11.1. The molecule has 0 amide bonds. The van der Waals surface area contributed by atoms with Crippen LogP contribution in [0.2, 0.25) is 0 Å². The number of fused-ring (bicyclic) bond motifs is 1. The minimum atomic E-state index is -0.521. The highest BCUT2D eigenvalue weighted by Gasteiger charge is 2.12. The van der Waals surface area contributed by atoms with Crippen molar-refractivity contribution in [3.8, 4) is 5.75 Å². The summed E-state index contributed by atoms with van der Waals surface area (Å²) in [5.74, 6) is 0.206. The standard InChI is InChI=1S/C12H14N2O2.C6H13NO2.C3H8.C2H6/c1-7(15)11(13)4-8-6-14-12-3-2-9(16)5-10(8)12;1-5(8)3-6(9)4-7-2;1-3-2;1-2/h2-3,5-6,11,14,16H,4,13H2,1H3;6-7,9H,3-4H2,1-2H3;3H2,1-2H3;1-2H3/t11-;;;/m0.../s1. The summed E-state index contributed by atoms with van der Waals surface area (Å²) in [5.41, 5.74) is 7.60. The Morgan fingerprint density at radius 1 is 1.20 bits per heavy atom. The third-order valence-electron chi connectivity index (χ3n) is 3.68. The monoisotopic (exact) mass is 423 g/mol. The van der Waals surface area contributed by atoms with Gasteiger partial charge in [-0.25, -0.2) is 0 Å². The van der Waals surface area contributed by atoms with E-state index in [2.05, 4.69) is 24.1 Å². The van der Waals surface area contributed by atoms with Crippen LogP contribution in [0.1, 0.15) is 59.9 Å². The van der Waals surface area contributed by atoms with Gasteiger partial charge in [-0.1, -0.05) is 34.1 Å². The molecule has 2 aromatic rings. The fraction of sp³-hybridized carbons (Fsp3) is 0.565. The lowest BCUT2D eigenvalue weighted by Crippen LogP contribution is -2.30. The van der Waals surface area contributed by atoms with Gasteiger partial charge in [0, 0.05) is 30.1 Å². The van der Waals surface area contributed by atoms with E-state index in [1.54, 1.807) is 25.2 Å². The Morgan fingerprint density at radius 3 is 2.23 bits per heavy atom. The number of aliphatic hydroxyl groups excluding tert-OH is 1. The molecular formula is C23H41N3O4. The van der Waals surface area contributed by atoms with Crippen molar-refractivity contribution in [1.82, 2.24) is 10.3 Å². The SMILES string of the molecule is CC.CC(=O)[C@@H](N)Cc1c[nH]c2ccc(O)cc12.CCC.CNCC(O)CC(C)=O. The van der Waals surface area contributed by atoms with Crippen LogP contribution < -0.4 is 11.1 Å². The number of rotatable bonds is 7. The summed E-state index contributed by atoms with van der Waals surface area (Å²) in [6.45, 7) is 11.7. The first kappa shape index (κ1) is 30.0. The molecule has 30 heavy (non-hydrogen) atoms. The van der Waals surface area contributed by atoms with Gasteiger partial charge in [0.15, 0.2) is 0 Å². The van der Waals surface area contributed by atoms with Crippen molar-refractivity contribution in [3.63, 3.8) is 0 Å². The Kier molecular flexibility index (Phi) is 17.6. The number of nitrogens with one attached hydrogen (secondary N) is 2. The lowest BCUT2D eigenvalue weighted by molar-refractivity contribution is -0.119. The number of benzene rings is 1. The molecule has 2 rings (SSSR count). The molecule has 2 atom stereocenters. The second-order valence-electron chi connectivity index (χ2n) is 6.79. The molecule has 0 aliphatic heterocycles. The molecule has 0 spiro atoms. The molecule has 7 heteroatoms. The van der Waals surface area contributed by atoms with Crippen LogP contribution in [0.4, 0.5) is 0 Å². The molecule has 1 heterocycles. The van der Waals surface area contributed by atoms with Crippen LogP contribution in [-0.2, 0) is 16.0 Å². The van der Waals surface area contributed by atoms with Gasteiger partial charge in [-0.3, -0.25) is 9.59 Å². The highest BCUT2D eigenvalue weighted by atomic mass is 16.3. The van der Waals surface area contributed by atoms with E-state index in [1.807, 2.05) is 20.0 Å². The van der Waals surface area contributed by atoms with Gasteiger partial charge in [0.05, 0.1) is 12.1 Å². The highest BCUT2D eigenvalue weighted by Crippen LogP contribution is 2.23. The average Bonchev–Trinajstić information content (AvgIpc) is 3.06. The number of phenols is 1. The summed E-state index contributed by atoms with van der Waals surface area (Å²) in [4.78, 5) is 24.5. The van der Waals surface area contributed by atoms with Crippen molar-refractivity contribution in [1.29, 1.82) is 0 Å². The largest absolute Gasteiger partial charge is 0.508 e. The van der Waals surface area contributed by atoms with Crippen LogP contribution in [0.3, 0.4) is 0 Å². The zero-order valence-corrected chi connectivity index (χ0v) is 19.6. The quantitative estimate of drug-likeness (QED) is 0.465. The van der Waals surface area contributed by atoms with Crippen molar-refractivity contribution in [2.45, 2.75) is 73.0 Å². The fourth-order valence-corrected chi connectivity index (χ4v) is 2.36. The van der Waals surface area contributed by atoms with E-state index in [0.717, 1.165) is 16.5 Å². The molecule has 7 nitrogen and oxygen atoms in total. The van der Waals surface area contributed by atoms with Crippen LogP contribution in [-0.4, -0.2) is 52.5 Å². The topological polar surface area (TPSA) is 128 Å². The zero-order chi connectivity index (χ0) is 23.7. The number of phenolic OH excluding ortho intramolecular Hbond substituents is 1. The molecule has 0 fully saturated rings.